The second-order valence-corrected chi connectivity index (χ2v) is 10.4. The van der Waals surface area contributed by atoms with Gasteiger partial charge < -0.3 is 5.32 Å². The molecule has 0 saturated carbocycles. The Morgan fingerprint density at radius 3 is 2.48 bits per heavy atom. The Kier molecular flexibility index (Phi) is 5.34. The van der Waals surface area contributed by atoms with E-state index in [-0.39, 0.29) is 39.0 Å². The maximum atomic E-state index is 13.1. The van der Waals surface area contributed by atoms with Gasteiger partial charge >= 0.3 is 6.18 Å². The van der Waals surface area contributed by atoms with Crippen molar-refractivity contribution < 1.29 is 21.6 Å². The molecule has 0 unspecified atom stereocenters. The number of fused-ring (bicyclic) bond motifs is 2. The third-order valence-corrected chi connectivity index (χ3v) is 7.03. The molecule has 0 bridgehead atoms. The van der Waals surface area contributed by atoms with E-state index in [0.717, 1.165) is 29.3 Å². The van der Waals surface area contributed by atoms with E-state index >= 15 is 0 Å². The summed E-state index contributed by atoms with van der Waals surface area (Å²) in [6.45, 7) is 7.44. The molecule has 0 spiro atoms. The predicted octanol–water partition coefficient (Wildman–Crippen LogP) is 3.85. The number of pyridine rings is 1. The Labute approximate surface area is 187 Å². The van der Waals surface area contributed by atoms with E-state index in [1.54, 1.807) is 6.07 Å². The molecule has 4 heterocycles. The molecule has 4 aromatic rings. The molecule has 13 heteroatoms. The van der Waals surface area contributed by atoms with Crippen LogP contribution in [-0.2, 0) is 16.0 Å². The van der Waals surface area contributed by atoms with E-state index in [1.807, 2.05) is 20.8 Å². The SMILES string of the molecule is CCC(C)(C)Nc1ccnc2c(-c3nc4cc(C(F)(F)F)ccn4n3)c(S(=O)(=O)CC)nn12. The van der Waals surface area contributed by atoms with E-state index in [9.17, 15) is 21.6 Å². The van der Waals surface area contributed by atoms with Gasteiger partial charge in [-0.15, -0.1) is 5.10 Å². The standard InChI is InChI=1S/C20H22F3N7O2S/c1-5-19(3,4)26-13-7-9-24-17-15(18(28-30(13)17)33(31,32)6-2)16-25-14-11-12(20(21,22)23)8-10-29(14)27-16/h7-11,26H,5-6H2,1-4H3. The number of anilines is 1. The van der Waals surface area contributed by atoms with Crippen LogP contribution in [0.2, 0.25) is 0 Å². The number of rotatable bonds is 6. The van der Waals surface area contributed by atoms with Gasteiger partial charge in [0.05, 0.1) is 11.3 Å². The van der Waals surface area contributed by atoms with Crippen molar-refractivity contribution in [2.75, 3.05) is 11.1 Å². The molecule has 0 atom stereocenters. The Balaban J connectivity index is 1.99. The first-order valence-corrected chi connectivity index (χ1v) is 11.8. The van der Waals surface area contributed by atoms with Crippen molar-refractivity contribution in [1.29, 1.82) is 0 Å². The molecule has 0 fully saturated rings. The van der Waals surface area contributed by atoms with Crippen molar-refractivity contribution in [3.8, 4) is 11.4 Å². The van der Waals surface area contributed by atoms with Gasteiger partial charge in [-0.3, -0.25) is 0 Å². The van der Waals surface area contributed by atoms with E-state index < -0.39 is 21.6 Å². The number of sulfone groups is 1. The van der Waals surface area contributed by atoms with Crippen molar-refractivity contribution in [3.05, 3.63) is 36.2 Å². The fraction of sp³-hybridized carbons (Fsp3) is 0.400. The van der Waals surface area contributed by atoms with E-state index in [4.69, 9.17) is 0 Å². The molecule has 33 heavy (non-hydrogen) atoms. The number of alkyl halides is 3. The fourth-order valence-corrected chi connectivity index (χ4v) is 4.14. The zero-order valence-electron chi connectivity index (χ0n) is 18.3. The Bertz CT molecular complexity index is 1460. The van der Waals surface area contributed by atoms with Crippen LogP contribution < -0.4 is 5.32 Å². The van der Waals surface area contributed by atoms with Crippen LogP contribution in [0.3, 0.4) is 0 Å². The molecule has 1 N–H and O–H groups in total. The highest BCUT2D eigenvalue weighted by Crippen LogP contribution is 2.33. The maximum Gasteiger partial charge on any atom is 0.416 e. The Hall–Kier alpha value is -3.22. The average molecular weight is 482 g/mol. The summed E-state index contributed by atoms with van der Waals surface area (Å²) < 4.78 is 67.6. The number of hydrogen-bond donors (Lipinski definition) is 1. The van der Waals surface area contributed by atoms with Crippen LogP contribution in [0.15, 0.2) is 35.6 Å². The maximum absolute atomic E-state index is 13.1. The number of hydrogen-bond acceptors (Lipinski definition) is 7. The molecule has 9 nitrogen and oxygen atoms in total. The Morgan fingerprint density at radius 1 is 1.12 bits per heavy atom. The van der Waals surface area contributed by atoms with Crippen molar-refractivity contribution >= 4 is 26.9 Å². The van der Waals surface area contributed by atoms with Crippen molar-refractivity contribution in [2.24, 2.45) is 0 Å². The highest BCUT2D eigenvalue weighted by atomic mass is 32.2. The van der Waals surface area contributed by atoms with Crippen LogP contribution in [-0.4, -0.2) is 48.9 Å². The second-order valence-electron chi connectivity index (χ2n) is 8.16. The quantitative estimate of drug-likeness (QED) is 0.446. The van der Waals surface area contributed by atoms with Crippen molar-refractivity contribution in [3.63, 3.8) is 0 Å². The zero-order valence-corrected chi connectivity index (χ0v) is 19.2. The number of nitrogens with zero attached hydrogens (tertiary/aromatic N) is 6. The van der Waals surface area contributed by atoms with Crippen LogP contribution in [0.4, 0.5) is 19.0 Å². The molecule has 0 amide bonds. The van der Waals surface area contributed by atoms with Crippen molar-refractivity contribution in [2.45, 2.75) is 50.9 Å². The van der Waals surface area contributed by atoms with Gasteiger partial charge in [-0.25, -0.2) is 22.9 Å². The van der Waals surface area contributed by atoms with Gasteiger partial charge in [0.1, 0.15) is 11.4 Å². The molecular weight excluding hydrogens is 459 g/mol. The van der Waals surface area contributed by atoms with Crippen LogP contribution in [0.5, 0.6) is 0 Å². The van der Waals surface area contributed by atoms with Gasteiger partial charge in [0.15, 0.2) is 32.0 Å². The van der Waals surface area contributed by atoms with Crippen LogP contribution >= 0.6 is 0 Å². The first-order valence-electron chi connectivity index (χ1n) is 10.2. The fourth-order valence-electron chi connectivity index (χ4n) is 3.17. The summed E-state index contributed by atoms with van der Waals surface area (Å²) in [7, 11) is -3.84. The molecule has 0 aliphatic rings. The highest BCUT2D eigenvalue weighted by molar-refractivity contribution is 7.91. The van der Waals surface area contributed by atoms with Gasteiger partial charge in [-0.1, -0.05) is 13.8 Å². The van der Waals surface area contributed by atoms with Gasteiger partial charge in [0.2, 0.25) is 0 Å². The molecule has 0 aromatic carbocycles. The smallest absolute Gasteiger partial charge is 0.365 e. The molecule has 4 aromatic heterocycles. The predicted molar refractivity (Wildman–Crippen MR) is 116 cm³/mol. The molecule has 4 rings (SSSR count). The molecular formula is C20H22F3N7O2S. The van der Waals surface area contributed by atoms with Gasteiger partial charge in [0.25, 0.3) is 0 Å². The largest absolute Gasteiger partial charge is 0.416 e. The molecule has 176 valence electrons. The normalized spacial score (nSPS) is 13.2. The van der Waals surface area contributed by atoms with E-state index in [2.05, 4.69) is 25.5 Å². The minimum Gasteiger partial charge on any atom is -0.365 e. The third kappa shape index (κ3) is 4.12. The number of halogens is 3. The lowest BCUT2D eigenvalue weighted by Crippen LogP contribution is -2.30. The summed E-state index contributed by atoms with van der Waals surface area (Å²) >= 11 is 0. The average Bonchev–Trinajstić information content (AvgIpc) is 3.34. The van der Waals surface area contributed by atoms with Crippen molar-refractivity contribution in [1.82, 2.24) is 29.2 Å². The summed E-state index contributed by atoms with van der Waals surface area (Å²) in [4.78, 5) is 8.48. The lowest BCUT2D eigenvalue weighted by molar-refractivity contribution is -0.137. The summed E-state index contributed by atoms with van der Waals surface area (Å²) in [6.07, 6.45) is -1.16. The summed E-state index contributed by atoms with van der Waals surface area (Å²) in [5.74, 6) is 0.183. The minimum atomic E-state index is -4.55. The lowest BCUT2D eigenvalue weighted by Gasteiger charge is -2.25. The summed E-state index contributed by atoms with van der Waals surface area (Å²) in [5.41, 5.74) is -1.08. The zero-order chi connectivity index (χ0) is 24.2. The van der Waals surface area contributed by atoms with Gasteiger partial charge in [-0.2, -0.15) is 22.8 Å². The monoisotopic (exact) mass is 481 g/mol. The number of aromatic nitrogens is 6. The molecule has 0 radical (unpaired) electrons. The van der Waals surface area contributed by atoms with Gasteiger partial charge in [0, 0.05) is 17.9 Å². The third-order valence-electron chi connectivity index (χ3n) is 5.40. The minimum absolute atomic E-state index is 0.0343. The molecule has 0 aliphatic heterocycles. The van der Waals surface area contributed by atoms with E-state index in [0.29, 0.717) is 5.82 Å². The first-order chi connectivity index (χ1) is 15.4. The second kappa shape index (κ2) is 7.68. The highest BCUT2D eigenvalue weighted by Gasteiger charge is 2.32. The van der Waals surface area contributed by atoms with E-state index in [1.165, 1.54) is 17.6 Å². The molecule has 0 aliphatic carbocycles. The van der Waals surface area contributed by atoms with Crippen LogP contribution in [0, 0.1) is 0 Å². The lowest BCUT2D eigenvalue weighted by atomic mass is 10.0. The van der Waals surface area contributed by atoms with Crippen LogP contribution in [0.1, 0.15) is 39.7 Å². The van der Waals surface area contributed by atoms with Crippen LogP contribution in [0.25, 0.3) is 22.7 Å². The summed E-state index contributed by atoms with van der Waals surface area (Å²) in [5, 5.41) is 11.6. The van der Waals surface area contributed by atoms with Gasteiger partial charge in [-0.05, 0) is 38.5 Å². The number of nitrogens with one attached hydrogen (secondary N) is 1. The topological polar surface area (TPSA) is 107 Å². The first kappa shape index (κ1) is 23.0. The summed E-state index contributed by atoms with van der Waals surface area (Å²) in [6, 6.07) is 3.38. The molecule has 0 saturated heterocycles. The Morgan fingerprint density at radius 2 is 1.85 bits per heavy atom.